The van der Waals surface area contributed by atoms with Crippen LogP contribution in [0.25, 0.3) is 0 Å². The molecule has 1 aromatic heterocycles. The number of aromatic amines is 1. The second kappa shape index (κ2) is 5.73. The van der Waals surface area contributed by atoms with Crippen LogP contribution in [0.15, 0.2) is 35.1 Å². The molecule has 0 aliphatic heterocycles. The first-order valence-electron chi connectivity index (χ1n) is 5.13. The third-order valence-electron chi connectivity index (χ3n) is 2.10. The third kappa shape index (κ3) is 3.70. The van der Waals surface area contributed by atoms with Gasteiger partial charge in [0, 0.05) is 11.1 Å². The number of amides is 2. The molecule has 0 aliphatic carbocycles. The summed E-state index contributed by atoms with van der Waals surface area (Å²) in [5.74, 6) is 0.210. The fraction of sp³-hybridized carbons (Fsp3) is 0. The number of hydrogen-bond acceptors (Lipinski definition) is 3. The predicted molar refractivity (Wildman–Crippen MR) is 74.0 cm³/mol. The second-order valence-electron chi connectivity index (χ2n) is 3.51. The molecule has 19 heavy (non-hydrogen) atoms. The van der Waals surface area contributed by atoms with Crippen molar-refractivity contribution in [1.29, 1.82) is 0 Å². The van der Waals surface area contributed by atoms with Gasteiger partial charge in [0.2, 0.25) is 0 Å². The maximum atomic E-state index is 11.7. The minimum Gasteiger partial charge on any atom is -0.306 e. The minimum atomic E-state index is -0.538. The molecular formula is C11H8Cl2N4O2. The molecule has 0 saturated heterocycles. The molecule has 0 spiro atoms. The van der Waals surface area contributed by atoms with E-state index in [2.05, 4.69) is 20.8 Å². The highest BCUT2D eigenvalue weighted by Gasteiger charge is 2.07. The van der Waals surface area contributed by atoms with Crippen molar-refractivity contribution >= 4 is 40.7 Å². The Morgan fingerprint density at radius 2 is 1.95 bits per heavy atom. The van der Waals surface area contributed by atoms with Gasteiger partial charge in [-0.25, -0.2) is 9.89 Å². The van der Waals surface area contributed by atoms with Crippen molar-refractivity contribution in [3.05, 3.63) is 50.7 Å². The molecule has 1 aromatic carbocycles. The molecular weight excluding hydrogens is 291 g/mol. The molecule has 2 rings (SSSR count). The quantitative estimate of drug-likeness (QED) is 0.796. The number of hydrogen-bond donors (Lipinski definition) is 3. The van der Waals surface area contributed by atoms with E-state index >= 15 is 0 Å². The van der Waals surface area contributed by atoms with E-state index in [4.69, 9.17) is 23.2 Å². The van der Waals surface area contributed by atoms with Crippen LogP contribution in [0.1, 0.15) is 0 Å². The average Bonchev–Trinajstić information content (AvgIpc) is 2.36. The maximum Gasteiger partial charge on any atom is 0.324 e. The van der Waals surface area contributed by atoms with Gasteiger partial charge < -0.3 is 5.32 Å². The highest BCUT2D eigenvalue weighted by atomic mass is 35.5. The van der Waals surface area contributed by atoms with Gasteiger partial charge in [-0.15, -0.1) is 0 Å². The van der Waals surface area contributed by atoms with Gasteiger partial charge in [0.15, 0.2) is 5.82 Å². The number of aromatic nitrogens is 2. The number of H-pyrrole nitrogens is 1. The summed E-state index contributed by atoms with van der Waals surface area (Å²) in [5.41, 5.74) is 0.0553. The Kier molecular flexibility index (Phi) is 4.03. The van der Waals surface area contributed by atoms with Crippen molar-refractivity contribution < 1.29 is 4.79 Å². The van der Waals surface area contributed by atoms with Crippen LogP contribution < -0.4 is 16.2 Å². The Morgan fingerprint density at radius 1 is 1.16 bits per heavy atom. The standard InChI is InChI=1S/C11H8Cl2N4O2/c12-6-1-2-8(7(13)5-6)14-11(19)15-9-3-4-10(18)17-16-9/h1-5H,(H,17,18)(H2,14,15,16,19). The van der Waals surface area contributed by atoms with Crippen molar-refractivity contribution in [2.45, 2.75) is 0 Å². The van der Waals surface area contributed by atoms with Gasteiger partial charge in [-0.2, -0.15) is 5.10 Å². The van der Waals surface area contributed by atoms with E-state index in [1.165, 1.54) is 18.2 Å². The molecule has 0 radical (unpaired) electrons. The number of carbonyl (C=O) groups excluding carboxylic acids is 1. The molecule has 1 heterocycles. The van der Waals surface area contributed by atoms with Crippen LogP contribution in [0, 0.1) is 0 Å². The summed E-state index contributed by atoms with van der Waals surface area (Å²) in [6.07, 6.45) is 0. The number of halogens is 2. The van der Waals surface area contributed by atoms with Crippen molar-refractivity contribution in [2.24, 2.45) is 0 Å². The topological polar surface area (TPSA) is 86.9 Å². The zero-order valence-corrected chi connectivity index (χ0v) is 10.9. The summed E-state index contributed by atoms with van der Waals surface area (Å²) in [5, 5.41) is 11.6. The van der Waals surface area contributed by atoms with Gasteiger partial charge in [0.05, 0.1) is 10.7 Å². The Balaban J connectivity index is 2.05. The maximum absolute atomic E-state index is 11.7. The van der Waals surface area contributed by atoms with Gasteiger partial charge in [-0.05, 0) is 24.3 Å². The Labute approximate surface area is 117 Å². The van der Waals surface area contributed by atoms with E-state index in [-0.39, 0.29) is 11.4 Å². The lowest BCUT2D eigenvalue weighted by Gasteiger charge is -2.08. The lowest BCUT2D eigenvalue weighted by molar-refractivity contribution is 0.262. The molecule has 2 amide bonds. The van der Waals surface area contributed by atoms with Crippen molar-refractivity contribution in [1.82, 2.24) is 10.2 Å². The van der Waals surface area contributed by atoms with Gasteiger partial charge >= 0.3 is 6.03 Å². The highest BCUT2D eigenvalue weighted by Crippen LogP contribution is 2.25. The van der Waals surface area contributed by atoms with Gasteiger partial charge in [0.1, 0.15) is 0 Å². The van der Waals surface area contributed by atoms with Crippen LogP contribution in [0.2, 0.25) is 10.0 Å². The van der Waals surface area contributed by atoms with E-state index in [0.29, 0.717) is 15.7 Å². The number of rotatable bonds is 2. The monoisotopic (exact) mass is 298 g/mol. The number of carbonyl (C=O) groups is 1. The Hall–Kier alpha value is -2.05. The van der Waals surface area contributed by atoms with Gasteiger partial charge in [-0.3, -0.25) is 10.1 Å². The molecule has 0 saturated carbocycles. The number of benzene rings is 1. The van der Waals surface area contributed by atoms with E-state index in [0.717, 1.165) is 0 Å². The van der Waals surface area contributed by atoms with Crippen molar-refractivity contribution in [3.8, 4) is 0 Å². The van der Waals surface area contributed by atoms with Crippen LogP contribution >= 0.6 is 23.2 Å². The SMILES string of the molecule is O=C(Nc1ccc(=O)[nH]n1)Nc1ccc(Cl)cc1Cl. The molecule has 2 aromatic rings. The number of nitrogens with one attached hydrogen (secondary N) is 3. The Morgan fingerprint density at radius 3 is 2.58 bits per heavy atom. The van der Waals surface area contributed by atoms with Crippen LogP contribution in [-0.4, -0.2) is 16.2 Å². The summed E-state index contributed by atoms with van der Waals surface area (Å²) < 4.78 is 0. The highest BCUT2D eigenvalue weighted by molar-refractivity contribution is 6.36. The minimum absolute atomic E-state index is 0.210. The molecule has 0 bridgehead atoms. The van der Waals surface area contributed by atoms with Gasteiger partial charge in [0.25, 0.3) is 5.56 Å². The summed E-state index contributed by atoms with van der Waals surface area (Å²) in [4.78, 5) is 22.5. The average molecular weight is 299 g/mol. The smallest absolute Gasteiger partial charge is 0.306 e. The van der Waals surface area contributed by atoms with E-state index in [1.54, 1.807) is 12.1 Å². The molecule has 0 unspecified atom stereocenters. The summed E-state index contributed by atoms with van der Waals surface area (Å²) >= 11 is 11.6. The van der Waals surface area contributed by atoms with Crippen LogP contribution in [0.5, 0.6) is 0 Å². The van der Waals surface area contributed by atoms with Crippen molar-refractivity contribution in [2.75, 3.05) is 10.6 Å². The Bertz CT molecular complexity index is 651. The zero-order chi connectivity index (χ0) is 13.8. The molecule has 8 heteroatoms. The predicted octanol–water partition coefficient (Wildman–Crippen LogP) is 2.72. The van der Waals surface area contributed by atoms with Crippen molar-refractivity contribution in [3.63, 3.8) is 0 Å². The molecule has 98 valence electrons. The van der Waals surface area contributed by atoms with Crippen LogP contribution in [0.4, 0.5) is 16.3 Å². The zero-order valence-electron chi connectivity index (χ0n) is 9.41. The van der Waals surface area contributed by atoms with E-state index in [9.17, 15) is 9.59 Å². The first-order chi connectivity index (χ1) is 9.04. The summed E-state index contributed by atoms with van der Waals surface area (Å²) in [6, 6.07) is 6.77. The van der Waals surface area contributed by atoms with Crippen LogP contribution in [0.3, 0.4) is 0 Å². The second-order valence-corrected chi connectivity index (χ2v) is 4.35. The largest absolute Gasteiger partial charge is 0.324 e. The number of nitrogens with zero attached hydrogens (tertiary/aromatic N) is 1. The van der Waals surface area contributed by atoms with E-state index < -0.39 is 6.03 Å². The number of anilines is 2. The normalized spacial score (nSPS) is 10.0. The third-order valence-corrected chi connectivity index (χ3v) is 2.65. The lowest BCUT2D eigenvalue weighted by Crippen LogP contribution is -2.21. The summed E-state index contributed by atoms with van der Waals surface area (Å²) in [6.45, 7) is 0. The lowest BCUT2D eigenvalue weighted by atomic mass is 10.3. The number of urea groups is 1. The molecule has 3 N–H and O–H groups in total. The van der Waals surface area contributed by atoms with Gasteiger partial charge in [-0.1, -0.05) is 23.2 Å². The fourth-order valence-corrected chi connectivity index (χ4v) is 1.73. The first-order valence-corrected chi connectivity index (χ1v) is 5.89. The molecule has 0 fully saturated rings. The molecule has 0 aliphatic rings. The fourth-order valence-electron chi connectivity index (χ4n) is 1.27. The van der Waals surface area contributed by atoms with E-state index in [1.807, 2.05) is 0 Å². The summed E-state index contributed by atoms with van der Waals surface area (Å²) in [7, 11) is 0. The molecule has 6 nitrogen and oxygen atoms in total. The molecule has 0 atom stereocenters. The van der Waals surface area contributed by atoms with Crippen LogP contribution in [-0.2, 0) is 0 Å². The first kappa shape index (κ1) is 13.4.